The normalized spacial score (nSPS) is 27.4. The van der Waals surface area contributed by atoms with Crippen LogP contribution < -0.4 is 23.7 Å². The molecule has 1 saturated heterocycles. The van der Waals surface area contributed by atoms with Gasteiger partial charge in [0.15, 0.2) is 29.2 Å². The smallest absolute Gasteiger partial charge is 0.231 e. The minimum absolute atomic E-state index is 0.0404. The monoisotopic (exact) mass is 395 g/mol. The summed E-state index contributed by atoms with van der Waals surface area (Å²) in [6, 6.07) is 10.4. The molecule has 0 radical (unpaired) electrons. The minimum atomic E-state index is 0.0404. The first kappa shape index (κ1) is 17.3. The first-order valence-corrected chi connectivity index (χ1v) is 10.5. The topological polar surface area (TPSA) is 49.4 Å². The number of piperidine rings is 1. The van der Waals surface area contributed by atoms with Crippen molar-refractivity contribution in [3.05, 3.63) is 41.5 Å². The first-order chi connectivity index (χ1) is 14.3. The molecule has 4 aliphatic rings. The van der Waals surface area contributed by atoms with Gasteiger partial charge in [-0.25, -0.2) is 0 Å². The summed E-state index contributed by atoms with van der Waals surface area (Å²) in [5.41, 5.74) is 2.36. The van der Waals surface area contributed by atoms with Gasteiger partial charge < -0.3 is 23.7 Å². The van der Waals surface area contributed by atoms with Crippen LogP contribution in [0.5, 0.6) is 28.7 Å². The van der Waals surface area contributed by atoms with Crippen LogP contribution in [0, 0.1) is 5.92 Å². The van der Waals surface area contributed by atoms with Crippen LogP contribution in [0.2, 0.25) is 0 Å². The van der Waals surface area contributed by atoms with Crippen molar-refractivity contribution in [3.8, 4) is 28.7 Å². The van der Waals surface area contributed by atoms with Crippen molar-refractivity contribution in [1.82, 2.24) is 4.90 Å². The predicted molar refractivity (Wildman–Crippen MR) is 106 cm³/mol. The van der Waals surface area contributed by atoms with Crippen LogP contribution in [0.25, 0.3) is 0 Å². The summed E-state index contributed by atoms with van der Waals surface area (Å²) in [6.07, 6.45) is 3.81. The van der Waals surface area contributed by atoms with E-state index < -0.39 is 0 Å². The second kappa shape index (κ2) is 6.73. The maximum absolute atomic E-state index is 6.59. The summed E-state index contributed by atoms with van der Waals surface area (Å²) in [4.78, 5) is 2.50. The van der Waals surface area contributed by atoms with E-state index in [-0.39, 0.29) is 31.6 Å². The second-order valence-electron chi connectivity index (χ2n) is 8.30. The molecular formula is C23H25NO5. The first-order valence-electron chi connectivity index (χ1n) is 10.5. The molecule has 6 rings (SSSR count). The highest BCUT2D eigenvalue weighted by Crippen LogP contribution is 2.51. The van der Waals surface area contributed by atoms with Gasteiger partial charge in [-0.1, -0.05) is 19.4 Å². The van der Waals surface area contributed by atoms with Crippen molar-refractivity contribution in [1.29, 1.82) is 0 Å². The fourth-order valence-electron chi connectivity index (χ4n) is 5.14. The van der Waals surface area contributed by atoms with Gasteiger partial charge in [0.2, 0.25) is 13.6 Å². The highest BCUT2D eigenvalue weighted by molar-refractivity contribution is 5.57. The number of nitrogens with zero attached hydrogens (tertiary/aromatic N) is 1. The van der Waals surface area contributed by atoms with Crippen molar-refractivity contribution < 1.29 is 23.7 Å². The van der Waals surface area contributed by atoms with Gasteiger partial charge in [0.25, 0.3) is 0 Å². The Morgan fingerprint density at radius 2 is 1.45 bits per heavy atom. The zero-order chi connectivity index (χ0) is 19.4. The largest absolute Gasteiger partial charge is 0.474 e. The summed E-state index contributed by atoms with van der Waals surface area (Å²) in [7, 11) is 0. The molecule has 0 N–H and O–H groups in total. The average molecular weight is 395 g/mol. The molecule has 0 bridgehead atoms. The fourth-order valence-corrected chi connectivity index (χ4v) is 5.14. The van der Waals surface area contributed by atoms with Crippen LogP contribution in [0.4, 0.5) is 0 Å². The third-order valence-corrected chi connectivity index (χ3v) is 6.57. The highest BCUT2D eigenvalue weighted by atomic mass is 16.7. The van der Waals surface area contributed by atoms with Crippen LogP contribution >= 0.6 is 0 Å². The van der Waals surface area contributed by atoms with Crippen molar-refractivity contribution in [2.75, 3.05) is 26.7 Å². The Kier molecular flexibility index (Phi) is 4.01. The highest BCUT2D eigenvalue weighted by Gasteiger charge is 2.41. The summed E-state index contributed by atoms with van der Waals surface area (Å²) in [5.74, 6) is 4.54. The molecule has 152 valence electrons. The molecule has 29 heavy (non-hydrogen) atoms. The standard InChI is InChI=1S/C23H25NO5/c1-14-22(15-5-6-17-19(9-15)26-12-25-17)16-10-20-21(28-13-27-20)11-18(16)29-23(14)24-7-3-2-4-8-24/h5-6,9-11,14,22-23H,2-4,7-8,12-13H2,1H3/t14-,22-,23+/m1/s1. The van der Waals surface area contributed by atoms with Gasteiger partial charge in [0.1, 0.15) is 5.75 Å². The number of likely N-dealkylation sites (tertiary alicyclic amines) is 1. The number of benzene rings is 2. The summed E-state index contributed by atoms with van der Waals surface area (Å²) < 4.78 is 29.1. The van der Waals surface area contributed by atoms with Crippen LogP contribution in [-0.2, 0) is 0 Å². The Hall–Kier alpha value is -2.60. The molecule has 6 nitrogen and oxygen atoms in total. The molecule has 0 aromatic heterocycles. The molecule has 0 aliphatic carbocycles. The van der Waals surface area contributed by atoms with Crippen LogP contribution in [0.3, 0.4) is 0 Å². The molecule has 0 unspecified atom stereocenters. The molecule has 4 heterocycles. The van der Waals surface area contributed by atoms with Gasteiger partial charge in [-0.3, -0.25) is 4.90 Å². The number of ether oxygens (including phenoxy) is 5. The molecular weight excluding hydrogens is 370 g/mol. The Morgan fingerprint density at radius 3 is 2.24 bits per heavy atom. The zero-order valence-electron chi connectivity index (χ0n) is 16.6. The summed E-state index contributed by atoms with van der Waals surface area (Å²) in [5, 5.41) is 0. The number of rotatable bonds is 2. The molecule has 2 aromatic carbocycles. The van der Waals surface area contributed by atoms with Crippen molar-refractivity contribution in [2.24, 2.45) is 5.92 Å². The minimum Gasteiger partial charge on any atom is -0.474 e. The molecule has 1 fully saturated rings. The molecule has 3 atom stereocenters. The van der Waals surface area contributed by atoms with Crippen LogP contribution in [0.15, 0.2) is 30.3 Å². The fraction of sp³-hybridized carbons (Fsp3) is 0.478. The van der Waals surface area contributed by atoms with E-state index in [0.717, 1.165) is 47.4 Å². The SMILES string of the molecule is C[C@@H]1[C@H](c2ccc3c(c2)OCO3)c2cc3c(cc2O[C@@H]1N1CCCCC1)OCO3. The lowest BCUT2D eigenvalue weighted by Gasteiger charge is -2.44. The number of hydrogen-bond acceptors (Lipinski definition) is 6. The molecule has 2 aromatic rings. The van der Waals surface area contributed by atoms with E-state index in [9.17, 15) is 0 Å². The van der Waals surface area contributed by atoms with E-state index >= 15 is 0 Å². The summed E-state index contributed by atoms with van der Waals surface area (Å²) >= 11 is 0. The van der Waals surface area contributed by atoms with Crippen LogP contribution in [0.1, 0.15) is 43.2 Å². The van der Waals surface area contributed by atoms with E-state index in [2.05, 4.69) is 30.0 Å². The maximum atomic E-state index is 6.59. The van der Waals surface area contributed by atoms with E-state index in [4.69, 9.17) is 23.7 Å². The Balaban J connectivity index is 1.45. The van der Waals surface area contributed by atoms with E-state index in [1.54, 1.807) is 0 Å². The lowest BCUT2D eigenvalue weighted by molar-refractivity contribution is -0.0403. The lowest BCUT2D eigenvalue weighted by atomic mass is 9.77. The molecule has 4 aliphatic heterocycles. The summed E-state index contributed by atoms with van der Waals surface area (Å²) in [6.45, 7) is 5.01. The third-order valence-electron chi connectivity index (χ3n) is 6.57. The second-order valence-corrected chi connectivity index (χ2v) is 8.30. The number of fused-ring (bicyclic) bond motifs is 3. The Morgan fingerprint density at radius 1 is 0.759 bits per heavy atom. The van der Waals surface area contributed by atoms with E-state index in [1.807, 2.05) is 12.1 Å². The zero-order valence-corrected chi connectivity index (χ0v) is 16.6. The van der Waals surface area contributed by atoms with Crippen molar-refractivity contribution in [3.63, 3.8) is 0 Å². The average Bonchev–Trinajstić information content (AvgIpc) is 3.41. The van der Waals surface area contributed by atoms with Gasteiger partial charge >= 0.3 is 0 Å². The number of hydrogen-bond donors (Lipinski definition) is 0. The molecule has 6 heteroatoms. The third kappa shape index (κ3) is 2.81. The molecule has 0 saturated carbocycles. The van der Waals surface area contributed by atoms with Gasteiger partial charge in [-0.2, -0.15) is 0 Å². The Labute approximate surface area is 170 Å². The predicted octanol–water partition coefficient (Wildman–Crippen LogP) is 4.12. The Bertz CT molecular complexity index is 939. The van der Waals surface area contributed by atoms with Gasteiger partial charge in [0.05, 0.1) is 0 Å². The molecule has 0 amide bonds. The maximum Gasteiger partial charge on any atom is 0.231 e. The lowest BCUT2D eigenvalue weighted by Crippen LogP contribution is -2.50. The van der Waals surface area contributed by atoms with Crippen LogP contribution in [-0.4, -0.2) is 37.8 Å². The van der Waals surface area contributed by atoms with Gasteiger partial charge in [-0.05, 0) is 36.6 Å². The van der Waals surface area contributed by atoms with E-state index in [1.165, 1.54) is 24.8 Å². The van der Waals surface area contributed by atoms with Gasteiger partial charge in [-0.15, -0.1) is 0 Å². The van der Waals surface area contributed by atoms with E-state index in [0.29, 0.717) is 0 Å². The molecule has 0 spiro atoms. The quantitative estimate of drug-likeness (QED) is 0.763. The van der Waals surface area contributed by atoms with Crippen molar-refractivity contribution >= 4 is 0 Å². The van der Waals surface area contributed by atoms with Gasteiger partial charge in [0, 0.05) is 36.6 Å². The van der Waals surface area contributed by atoms with Crippen molar-refractivity contribution in [2.45, 2.75) is 38.3 Å².